The standard InChI is InChI=1S/C22H32O5/c1-16-14-19-11-7-10-18(12-13-24-15-17-8-5-4-6-9-17)22(19)20(23-3)25-21(16,2)26-27-22/h4-6,8-9,16,18-20H,7,10-15H2,1-3H3/t16-,18-,19+,20-,21-,22?/m0/s1. The van der Waals surface area contributed by atoms with Gasteiger partial charge in [-0.1, -0.05) is 43.7 Å². The molecule has 1 aliphatic carbocycles. The van der Waals surface area contributed by atoms with Gasteiger partial charge in [-0.25, -0.2) is 9.78 Å². The lowest BCUT2D eigenvalue weighted by molar-refractivity contribution is -0.560. The van der Waals surface area contributed by atoms with Gasteiger partial charge >= 0.3 is 0 Å². The number of rotatable bonds is 6. The van der Waals surface area contributed by atoms with Gasteiger partial charge in [-0.3, -0.25) is 0 Å². The Labute approximate surface area is 162 Å². The molecule has 0 radical (unpaired) electrons. The van der Waals surface area contributed by atoms with Crippen LogP contribution < -0.4 is 0 Å². The molecule has 6 atom stereocenters. The zero-order valence-corrected chi connectivity index (χ0v) is 16.7. The van der Waals surface area contributed by atoms with Gasteiger partial charge in [0.2, 0.25) is 5.79 Å². The summed E-state index contributed by atoms with van der Waals surface area (Å²) in [6.07, 6.45) is 4.99. The highest BCUT2D eigenvalue weighted by molar-refractivity contribution is 5.13. The molecular formula is C22H32O5. The van der Waals surface area contributed by atoms with E-state index in [1.54, 1.807) is 7.11 Å². The number of hydrogen-bond donors (Lipinski definition) is 0. The van der Waals surface area contributed by atoms with Crippen LogP contribution in [-0.4, -0.2) is 31.4 Å². The molecule has 0 aromatic heterocycles. The first-order valence-corrected chi connectivity index (χ1v) is 10.3. The molecule has 1 aromatic carbocycles. The van der Waals surface area contributed by atoms with Crippen molar-refractivity contribution in [2.75, 3.05) is 13.7 Å². The first-order chi connectivity index (χ1) is 13.1. The summed E-state index contributed by atoms with van der Waals surface area (Å²) in [5.41, 5.74) is 0.666. The highest BCUT2D eigenvalue weighted by Crippen LogP contribution is 2.56. The third-order valence-corrected chi connectivity index (χ3v) is 6.91. The fraction of sp³-hybridized carbons (Fsp3) is 0.727. The van der Waals surface area contributed by atoms with Crippen molar-refractivity contribution in [1.82, 2.24) is 0 Å². The maximum atomic E-state index is 6.32. The highest BCUT2D eigenvalue weighted by Gasteiger charge is 2.65. The lowest BCUT2D eigenvalue weighted by Crippen LogP contribution is -2.63. The number of benzene rings is 1. The Bertz CT molecular complexity index is 618. The lowest BCUT2D eigenvalue weighted by atomic mass is 9.65. The van der Waals surface area contributed by atoms with E-state index < -0.39 is 17.7 Å². The molecule has 3 heterocycles. The van der Waals surface area contributed by atoms with Gasteiger partial charge in [0, 0.05) is 19.6 Å². The molecule has 0 N–H and O–H groups in total. The minimum atomic E-state index is -0.738. The van der Waals surface area contributed by atoms with Crippen molar-refractivity contribution < 1.29 is 24.0 Å². The van der Waals surface area contributed by atoms with Gasteiger partial charge in [0.05, 0.1) is 6.61 Å². The van der Waals surface area contributed by atoms with Crippen LogP contribution in [0.3, 0.4) is 0 Å². The molecule has 4 aliphatic rings. The second-order valence-corrected chi connectivity index (χ2v) is 8.51. The van der Waals surface area contributed by atoms with Gasteiger partial charge in [-0.2, -0.15) is 0 Å². The van der Waals surface area contributed by atoms with Crippen molar-refractivity contribution in [2.24, 2.45) is 17.8 Å². The van der Waals surface area contributed by atoms with Crippen molar-refractivity contribution in [3.8, 4) is 0 Å². The van der Waals surface area contributed by atoms with Crippen LogP contribution in [-0.2, 0) is 30.6 Å². The zero-order chi connectivity index (χ0) is 18.9. The number of ether oxygens (including phenoxy) is 3. The van der Waals surface area contributed by atoms with Crippen molar-refractivity contribution in [3.05, 3.63) is 35.9 Å². The molecule has 5 rings (SSSR count). The minimum Gasteiger partial charge on any atom is -0.377 e. The van der Waals surface area contributed by atoms with E-state index in [0.717, 1.165) is 25.7 Å². The van der Waals surface area contributed by atoms with Crippen LogP contribution in [0.15, 0.2) is 30.3 Å². The number of methoxy groups -OCH3 is 1. The third-order valence-electron chi connectivity index (χ3n) is 6.91. The summed E-state index contributed by atoms with van der Waals surface area (Å²) in [7, 11) is 1.71. The summed E-state index contributed by atoms with van der Waals surface area (Å²) < 4.78 is 18.1. The quantitative estimate of drug-likeness (QED) is 0.542. The smallest absolute Gasteiger partial charge is 0.204 e. The zero-order valence-electron chi connectivity index (χ0n) is 16.7. The summed E-state index contributed by atoms with van der Waals surface area (Å²) in [4.78, 5) is 12.0. The molecule has 1 spiro atoms. The normalized spacial score (nSPS) is 41.1. The number of fused-ring (bicyclic) bond motifs is 3. The minimum absolute atomic E-state index is 0.262. The molecule has 3 aliphatic heterocycles. The Hall–Kier alpha value is -0.980. The average Bonchev–Trinajstić information content (AvgIpc) is 2.86. The Morgan fingerprint density at radius 2 is 1.96 bits per heavy atom. The van der Waals surface area contributed by atoms with Crippen LogP contribution in [0, 0.1) is 17.8 Å². The van der Waals surface area contributed by atoms with Crippen LogP contribution in [0.1, 0.15) is 51.5 Å². The van der Waals surface area contributed by atoms with Crippen LogP contribution in [0.25, 0.3) is 0 Å². The fourth-order valence-corrected chi connectivity index (χ4v) is 5.17. The Balaban J connectivity index is 1.46. The van der Waals surface area contributed by atoms with E-state index in [1.165, 1.54) is 12.0 Å². The van der Waals surface area contributed by atoms with E-state index in [1.807, 2.05) is 25.1 Å². The molecular weight excluding hydrogens is 344 g/mol. The van der Waals surface area contributed by atoms with Crippen molar-refractivity contribution in [1.29, 1.82) is 0 Å². The topological polar surface area (TPSA) is 46.2 Å². The molecule has 3 saturated heterocycles. The molecule has 1 unspecified atom stereocenters. The summed E-state index contributed by atoms with van der Waals surface area (Å²) in [6.45, 7) is 5.48. The Morgan fingerprint density at radius 3 is 2.74 bits per heavy atom. The monoisotopic (exact) mass is 376 g/mol. The van der Waals surface area contributed by atoms with Gasteiger partial charge in [0.1, 0.15) is 0 Å². The molecule has 0 amide bonds. The summed E-state index contributed by atoms with van der Waals surface area (Å²) in [5.74, 6) is 0.205. The van der Waals surface area contributed by atoms with E-state index in [9.17, 15) is 0 Å². The highest BCUT2D eigenvalue weighted by atomic mass is 17.3. The molecule has 5 nitrogen and oxygen atoms in total. The second-order valence-electron chi connectivity index (χ2n) is 8.51. The van der Waals surface area contributed by atoms with Crippen LogP contribution >= 0.6 is 0 Å². The first-order valence-electron chi connectivity index (χ1n) is 10.3. The Morgan fingerprint density at radius 1 is 1.15 bits per heavy atom. The van der Waals surface area contributed by atoms with E-state index in [4.69, 9.17) is 24.0 Å². The number of hydrogen-bond acceptors (Lipinski definition) is 5. The van der Waals surface area contributed by atoms with E-state index in [-0.39, 0.29) is 5.92 Å². The predicted octanol–water partition coefficient (Wildman–Crippen LogP) is 4.46. The van der Waals surface area contributed by atoms with Crippen molar-refractivity contribution in [2.45, 2.75) is 70.2 Å². The lowest BCUT2D eigenvalue weighted by Gasteiger charge is -2.53. The molecule has 150 valence electrons. The van der Waals surface area contributed by atoms with Crippen molar-refractivity contribution >= 4 is 0 Å². The van der Waals surface area contributed by atoms with Gasteiger partial charge in [-0.15, -0.1) is 0 Å². The van der Waals surface area contributed by atoms with Crippen LogP contribution in [0.2, 0.25) is 0 Å². The predicted molar refractivity (Wildman–Crippen MR) is 101 cm³/mol. The first kappa shape index (κ1) is 19.3. The van der Waals surface area contributed by atoms with E-state index in [0.29, 0.717) is 25.0 Å². The van der Waals surface area contributed by atoms with E-state index in [2.05, 4.69) is 19.1 Å². The third kappa shape index (κ3) is 3.45. The van der Waals surface area contributed by atoms with Crippen molar-refractivity contribution in [3.63, 3.8) is 0 Å². The molecule has 5 heteroatoms. The molecule has 27 heavy (non-hydrogen) atoms. The van der Waals surface area contributed by atoms with Crippen LogP contribution in [0.5, 0.6) is 0 Å². The molecule has 1 aromatic rings. The molecule has 4 fully saturated rings. The summed E-state index contributed by atoms with van der Waals surface area (Å²) in [6, 6.07) is 10.3. The molecule has 2 bridgehead atoms. The largest absolute Gasteiger partial charge is 0.377 e. The fourth-order valence-electron chi connectivity index (χ4n) is 5.17. The maximum Gasteiger partial charge on any atom is 0.204 e. The SMILES string of the molecule is CO[C@H]1O[C@@]2(C)OOC13[C@H](CCOCc1ccccc1)CCC[C@@H]3C[C@@H]2C. The summed E-state index contributed by atoms with van der Waals surface area (Å²) in [5, 5.41) is 0. The van der Waals surface area contributed by atoms with E-state index >= 15 is 0 Å². The second kappa shape index (κ2) is 7.80. The van der Waals surface area contributed by atoms with Gasteiger partial charge < -0.3 is 14.2 Å². The van der Waals surface area contributed by atoms with Gasteiger partial charge in [0.25, 0.3) is 0 Å². The van der Waals surface area contributed by atoms with Gasteiger partial charge in [-0.05, 0) is 50.0 Å². The maximum absolute atomic E-state index is 6.32. The van der Waals surface area contributed by atoms with Crippen LogP contribution in [0.4, 0.5) is 0 Å². The summed E-state index contributed by atoms with van der Waals surface area (Å²) >= 11 is 0. The average molecular weight is 376 g/mol. The Kier molecular flexibility index (Phi) is 5.59. The molecule has 1 saturated carbocycles. The van der Waals surface area contributed by atoms with Gasteiger partial charge in [0.15, 0.2) is 11.9 Å².